The third-order valence-corrected chi connectivity index (χ3v) is 4.51. The first kappa shape index (κ1) is 23.3. The number of nitrogens with zero attached hydrogens (tertiary/aromatic N) is 2. The maximum Gasteiger partial charge on any atom is 0.224 e. The van der Waals surface area contributed by atoms with Crippen LogP contribution in [-0.2, 0) is 4.79 Å². The number of anilines is 1. The molecular formula is C19H31IN4O3. The van der Waals surface area contributed by atoms with E-state index in [1.807, 2.05) is 23.1 Å². The Balaban J connectivity index is 0.00000364. The van der Waals surface area contributed by atoms with E-state index in [1.54, 1.807) is 21.3 Å². The molecule has 0 radical (unpaired) electrons. The van der Waals surface area contributed by atoms with Gasteiger partial charge in [0.05, 0.1) is 14.2 Å². The third-order valence-electron chi connectivity index (χ3n) is 4.51. The summed E-state index contributed by atoms with van der Waals surface area (Å²) in [4.78, 5) is 18.5. The molecule has 0 aliphatic carbocycles. The number of carbonyl (C=O) groups excluding carboxylic acids is 1. The second-order valence-corrected chi connectivity index (χ2v) is 6.53. The lowest BCUT2D eigenvalue weighted by molar-refractivity contribution is -0.132. The number of rotatable bonds is 6. The second kappa shape index (κ2) is 11.9. The van der Waals surface area contributed by atoms with E-state index in [4.69, 9.17) is 9.47 Å². The Bertz CT molecular complexity index is 639. The Hall–Kier alpha value is -1.71. The Kier molecular flexibility index (Phi) is 10.3. The van der Waals surface area contributed by atoms with Gasteiger partial charge in [0.25, 0.3) is 0 Å². The van der Waals surface area contributed by atoms with E-state index in [1.165, 1.54) is 6.42 Å². The molecule has 1 heterocycles. The number of halogens is 1. The summed E-state index contributed by atoms with van der Waals surface area (Å²) in [6.45, 7) is 4.49. The van der Waals surface area contributed by atoms with E-state index < -0.39 is 0 Å². The molecule has 1 fully saturated rings. The smallest absolute Gasteiger partial charge is 0.224 e. The van der Waals surface area contributed by atoms with Crippen LogP contribution >= 0.6 is 24.0 Å². The van der Waals surface area contributed by atoms with Crippen LogP contribution in [0.3, 0.4) is 0 Å². The normalized spacial score (nSPS) is 17.0. The number of likely N-dealkylation sites (tertiary alicyclic amines) is 1. The molecule has 1 aromatic rings. The zero-order valence-corrected chi connectivity index (χ0v) is 18.9. The lowest BCUT2D eigenvalue weighted by Gasteiger charge is -2.31. The van der Waals surface area contributed by atoms with Gasteiger partial charge in [-0.2, -0.15) is 0 Å². The number of benzene rings is 1. The number of carbonyl (C=O) groups is 1. The Morgan fingerprint density at radius 2 is 2.04 bits per heavy atom. The van der Waals surface area contributed by atoms with Gasteiger partial charge in [-0.05, 0) is 30.9 Å². The molecule has 1 aliphatic heterocycles. The summed E-state index contributed by atoms with van der Waals surface area (Å²) in [6, 6.07) is 5.55. The van der Waals surface area contributed by atoms with Crippen molar-refractivity contribution in [3.8, 4) is 11.5 Å². The van der Waals surface area contributed by atoms with Crippen molar-refractivity contribution in [2.24, 2.45) is 10.9 Å². The minimum atomic E-state index is 0. The molecule has 0 bridgehead atoms. The van der Waals surface area contributed by atoms with E-state index in [0.29, 0.717) is 36.3 Å². The summed E-state index contributed by atoms with van der Waals surface area (Å²) < 4.78 is 10.5. The molecule has 2 N–H and O–H groups in total. The molecule has 1 aliphatic rings. The van der Waals surface area contributed by atoms with E-state index in [-0.39, 0.29) is 29.9 Å². The van der Waals surface area contributed by atoms with Crippen molar-refractivity contribution in [2.45, 2.75) is 26.2 Å². The summed E-state index contributed by atoms with van der Waals surface area (Å²) in [5.41, 5.74) is 0.826. The quantitative estimate of drug-likeness (QED) is 0.365. The van der Waals surface area contributed by atoms with Crippen LogP contribution in [0, 0.1) is 5.92 Å². The first-order valence-electron chi connectivity index (χ1n) is 9.04. The number of methoxy groups -OCH3 is 2. The molecule has 27 heavy (non-hydrogen) atoms. The van der Waals surface area contributed by atoms with Gasteiger partial charge in [0, 0.05) is 44.9 Å². The summed E-state index contributed by atoms with van der Waals surface area (Å²) in [6.07, 6.45) is 2.77. The molecule has 152 valence electrons. The van der Waals surface area contributed by atoms with Gasteiger partial charge in [0.1, 0.15) is 0 Å². The number of amides is 1. The Labute approximate surface area is 178 Å². The zero-order valence-electron chi connectivity index (χ0n) is 16.6. The van der Waals surface area contributed by atoms with Crippen molar-refractivity contribution in [1.29, 1.82) is 0 Å². The number of hydrogen-bond donors (Lipinski definition) is 2. The number of nitrogens with one attached hydrogen (secondary N) is 2. The number of hydrogen-bond acceptors (Lipinski definition) is 4. The largest absolute Gasteiger partial charge is 0.493 e. The van der Waals surface area contributed by atoms with Crippen molar-refractivity contribution in [2.75, 3.05) is 46.2 Å². The van der Waals surface area contributed by atoms with Crippen molar-refractivity contribution in [1.82, 2.24) is 10.2 Å². The molecule has 7 nitrogen and oxygen atoms in total. The average molecular weight is 490 g/mol. The van der Waals surface area contributed by atoms with Crippen LogP contribution in [-0.4, -0.2) is 57.7 Å². The van der Waals surface area contributed by atoms with Gasteiger partial charge in [0.2, 0.25) is 5.91 Å². The second-order valence-electron chi connectivity index (χ2n) is 6.53. The van der Waals surface area contributed by atoms with Crippen LogP contribution in [0.15, 0.2) is 23.2 Å². The molecule has 2 rings (SSSR count). The molecule has 1 saturated heterocycles. The van der Waals surface area contributed by atoms with E-state index in [2.05, 4.69) is 22.5 Å². The van der Waals surface area contributed by atoms with Crippen molar-refractivity contribution < 1.29 is 14.3 Å². The maximum absolute atomic E-state index is 12.3. The molecule has 1 aromatic carbocycles. The predicted molar refractivity (Wildman–Crippen MR) is 120 cm³/mol. The van der Waals surface area contributed by atoms with Crippen LogP contribution in [0.4, 0.5) is 5.69 Å². The average Bonchev–Trinajstić information content (AvgIpc) is 2.66. The summed E-state index contributed by atoms with van der Waals surface area (Å²) >= 11 is 0. The minimum absolute atomic E-state index is 0. The third kappa shape index (κ3) is 7.08. The van der Waals surface area contributed by atoms with Crippen LogP contribution in [0.1, 0.15) is 26.2 Å². The zero-order chi connectivity index (χ0) is 18.9. The lowest BCUT2D eigenvalue weighted by Crippen LogP contribution is -2.41. The standard InChI is InChI=1S/C19H30N4O3.HI/c1-14-6-5-11-23(13-14)18(24)9-10-21-19(20-2)22-15-7-8-16(25-3)17(12-15)26-4;/h7-8,12,14H,5-6,9-11,13H2,1-4H3,(H2,20,21,22);1H. The van der Waals surface area contributed by atoms with Crippen molar-refractivity contribution >= 4 is 41.5 Å². The number of aliphatic imine (C=N–C) groups is 1. The van der Waals surface area contributed by atoms with Gasteiger partial charge < -0.3 is 25.0 Å². The van der Waals surface area contributed by atoms with Gasteiger partial charge in [-0.1, -0.05) is 6.92 Å². The molecule has 8 heteroatoms. The first-order chi connectivity index (χ1) is 12.6. The molecule has 0 aromatic heterocycles. The van der Waals surface area contributed by atoms with Crippen LogP contribution in [0.5, 0.6) is 11.5 Å². The molecule has 1 atom stereocenters. The fraction of sp³-hybridized carbons (Fsp3) is 0.579. The van der Waals surface area contributed by atoms with Crippen LogP contribution in [0.25, 0.3) is 0 Å². The fourth-order valence-corrected chi connectivity index (χ4v) is 3.09. The molecule has 0 saturated carbocycles. The van der Waals surface area contributed by atoms with Gasteiger partial charge in [-0.15, -0.1) is 24.0 Å². The Morgan fingerprint density at radius 1 is 1.30 bits per heavy atom. The fourth-order valence-electron chi connectivity index (χ4n) is 3.09. The highest BCUT2D eigenvalue weighted by atomic mass is 127. The number of ether oxygens (including phenoxy) is 2. The number of piperidine rings is 1. The molecule has 0 spiro atoms. The highest BCUT2D eigenvalue weighted by Crippen LogP contribution is 2.29. The summed E-state index contributed by atoms with van der Waals surface area (Å²) in [7, 11) is 4.90. The number of guanidine groups is 1. The predicted octanol–water partition coefficient (Wildman–Crippen LogP) is 2.96. The van der Waals surface area contributed by atoms with E-state index >= 15 is 0 Å². The van der Waals surface area contributed by atoms with Gasteiger partial charge in [-0.25, -0.2) is 0 Å². The Morgan fingerprint density at radius 3 is 2.67 bits per heavy atom. The highest BCUT2D eigenvalue weighted by molar-refractivity contribution is 14.0. The summed E-state index contributed by atoms with van der Waals surface area (Å²) in [5.74, 6) is 2.72. The SMILES string of the molecule is CN=C(NCCC(=O)N1CCCC(C)C1)Nc1ccc(OC)c(OC)c1.I. The van der Waals surface area contributed by atoms with Crippen LogP contribution < -0.4 is 20.1 Å². The van der Waals surface area contributed by atoms with Crippen LogP contribution in [0.2, 0.25) is 0 Å². The maximum atomic E-state index is 12.3. The summed E-state index contributed by atoms with van der Waals surface area (Å²) in [5, 5.41) is 6.38. The van der Waals surface area contributed by atoms with Crippen molar-refractivity contribution in [3.05, 3.63) is 18.2 Å². The van der Waals surface area contributed by atoms with Gasteiger partial charge >= 0.3 is 0 Å². The van der Waals surface area contributed by atoms with Gasteiger partial charge in [0.15, 0.2) is 17.5 Å². The topological polar surface area (TPSA) is 75.2 Å². The minimum Gasteiger partial charge on any atom is -0.493 e. The van der Waals surface area contributed by atoms with E-state index in [0.717, 1.165) is 25.2 Å². The molecule has 1 unspecified atom stereocenters. The van der Waals surface area contributed by atoms with E-state index in [9.17, 15) is 4.79 Å². The first-order valence-corrected chi connectivity index (χ1v) is 9.04. The van der Waals surface area contributed by atoms with Crippen molar-refractivity contribution in [3.63, 3.8) is 0 Å². The lowest BCUT2D eigenvalue weighted by atomic mass is 10.00. The molecule has 1 amide bonds. The monoisotopic (exact) mass is 490 g/mol. The highest BCUT2D eigenvalue weighted by Gasteiger charge is 2.20. The van der Waals surface area contributed by atoms with Gasteiger partial charge in [-0.3, -0.25) is 9.79 Å². The molecular weight excluding hydrogens is 459 g/mol.